The molecule has 53 heavy (non-hydrogen) atoms. The van der Waals surface area contributed by atoms with Gasteiger partial charge in [0.2, 0.25) is 10.0 Å². The van der Waals surface area contributed by atoms with E-state index in [9.17, 15) is 27.6 Å². The number of amides is 1. The summed E-state index contributed by atoms with van der Waals surface area (Å²) in [5, 5.41) is 3.05. The van der Waals surface area contributed by atoms with E-state index in [1.807, 2.05) is 36.4 Å². The number of carbonyl (C=O) groups excluding carboxylic acids is 4. The number of ketones is 1. The highest BCUT2D eigenvalue weighted by Crippen LogP contribution is 2.36. The lowest BCUT2D eigenvalue weighted by Crippen LogP contribution is -2.40. The minimum absolute atomic E-state index is 0.0194. The maximum Gasteiger partial charge on any atom is 0.337 e. The third-order valence-corrected chi connectivity index (χ3v) is 13.1. The Kier molecular flexibility index (Phi) is 12.2. The number of aryl methyl sites for hydroxylation is 3. The molecule has 1 saturated heterocycles. The van der Waals surface area contributed by atoms with Crippen LogP contribution in [-0.2, 0) is 56.4 Å². The second-order valence-electron chi connectivity index (χ2n) is 13.4. The number of hydrogen-bond donors (Lipinski definition) is 1. The molecule has 6 rings (SSSR count). The number of esters is 2. The van der Waals surface area contributed by atoms with Crippen LogP contribution >= 0.6 is 11.3 Å². The molecule has 1 fully saturated rings. The van der Waals surface area contributed by atoms with Gasteiger partial charge in [-0.05, 0) is 111 Å². The average Bonchev–Trinajstić information content (AvgIpc) is 3.55. The number of fused-ring (bicyclic) bond motifs is 1. The van der Waals surface area contributed by atoms with Gasteiger partial charge in [-0.25, -0.2) is 13.2 Å². The van der Waals surface area contributed by atoms with Crippen molar-refractivity contribution in [2.45, 2.75) is 69.6 Å². The maximum absolute atomic E-state index is 13.9. The highest BCUT2D eigenvalue weighted by molar-refractivity contribution is 7.89. The first kappa shape index (κ1) is 38.1. The van der Waals surface area contributed by atoms with Crippen molar-refractivity contribution in [3.8, 4) is 0 Å². The molecule has 4 aromatic rings. The van der Waals surface area contributed by atoms with E-state index >= 15 is 0 Å². The zero-order valence-corrected chi connectivity index (χ0v) is 31.7. The van der Waals surface area contributed by atoms with Crippen LogP contribution in [0.25, 0.3) is 0 Å². The number of benzene rings is 3. The van der Waals surface area contributed by atoms with Gasteiger partial charge < -0.3 is 14.8 Å². The van der Waals surface area contributed by atoms with Crippen LogP contribution in [0.1, 0.15) is 90.1 Å². The Morgan fingerprint density at radius 2 is 1.53 bits per heavy atom. The van der Waals surface area contributed by atoms with Crippen LogP contribution in [-0.4, -0.2) is 63.2 Å². The minimum Gasteiger partial charge on any atom is -0.466 e. The average molecular weight is 757 g/mol. The molecule has 10 nitrogen and oxygen atoms in total. The molecule has 0 atom stereocenters. The molecular weight excluding hydrogens is 713 g/mol. The number of anilines is 1. The van der Waals surface area contributed by atoms with Gasteiger partial charge in [0.25, 0.3) is 5.91 Å². The highest BCUT2D eigenvalue weighted by atomic mass is 32.2. The van der Waals surface area contributed by atoms with Crippen LogP contribution in [0.4, 0.5) is 5.69 Å². The number of methoxy groups -OCH3 is 1. The second kappa shape index (κ2) is 17.0. The number of nitrogens with zero attached hydrogens (tertiary/aromatic N) is 1. The van der Waals surface area contributed by atoms with E-state index < -0.39 is 10.0 Å². The van der Waals surface area contributed by atoms with Crippen molar-refractivity contribution in [3.63, 3.8) is 0 Å². The molecule has 1 aliphatic heterocycles. The van der Waals surface area contributed by atoms with Crippen molar-refractivity contribution < 1.29 is 37.1 Å². The van der Waals surface area contributed by atoms with Crippen LogP contribution in [0.15, 0.2) is 77.7 Å². The number of thiophene rings is 1. The monoisotopic (exact) mass is 756 g/mol. The Bertz CT molecular complexity index is 2080. The molecule has 12 heteroatoms. The third-order valence-electron chi connectivity index (χ3n) is 9.95. The smallest absolute Gasteiger partial charge is 0.337 e. The fraction of sp³-hybridized carbons (Fsp3) is 0.366. The second-order valence-corrected chi connectivity index (χ2v) is 16.5. The molecular formula is C41H44N2O8S2. The van der Waals surface area contributed by atoms with Crippen LogP contribution in [0, 0.1) is 5.92 Å². The van der Waals surface area contributed by atoms with Gasteiger partial charge in [0.1, 0.15) is 0 Å². The molecule has 0 radical (unpaired) electrons. The quantitative estimate of drug-likeness (QED) is 0.116. The molecule has 0 spiro atoms. The lowest BCUT2D eigenvalue weighted by Gasteiger charge is -2.30. The molecule has 0 unspecified atom stereocenters. The lowest BCUT2D eigenvalue weighted by molar-refractivity contribution is -0.149. The molecule has 0 bridgehead atoms. The van der Waals surface area contributed by atoms with E-state index in [4.69, 9.17) is 9.47 Å². The van der Waals surface area contributed by atoms with Crippen molar-refractivity contribution >= 4 is 50.7 Å². The molecule has 3 aromatic carbocycles. The topological polar surface area (TPSA) is 136 Å². The number of nitrogens with one attached hydrogen (secondary N) is 1. The Morgan fingerprint density at radius 1 is 0.868 bits per heavy atom. The summed E-state index contributed by atoms with van der Waals surface area (Å²) < 4.78 is 38.4. The van der Waals surface area contributed by atoms with Crippen molar-refractivity contribution in [1.29, 1.82) is 0 Å². The van der Waals surface area contributed by atoms with Crippen molar-refractivity contribution in [2.75, 3.05) is 32.1 Å². The van der Waals surface area contributed by atoms with E-state index in [2.05, 4.69) is 5.32 Å². The molecule has 2 aliphatic rings. The zero-order chi connectivity index (χ0) is 37.5. The standard InChI is InChI=1S/C41H44N2O8S2/c1-3-51-41(47)30-21-23-43(24-22-30)53(48,49)33-8-6-7-31(25-33)35(44)26-37-38(34-9-4-5-10-36(34)52-37)39(45)42-32-19-15-28(16-20-32)12-11-27-13-17-29(18-14-27)40(46)50-2/h6-8,13-20,25,30H,3-5,9-12,21-24,26H2,1-2H3,(H,42,45). The normalized spacial score (nSPS) is 15.0. The van der Waals surface area contributed by atoms with E-state index in [-0.39, 0.29) is 66.1 Å². The van der Waals surface area contributed by atoms with Crippen molar-refractivity contribution in [2.24, 2.45) is 5.92 Å². The Balaban J connectivity index is 1.12. The molecule has 1 aliphatic carbocycles. The van der Waals surface area contributed by atoms with Crippen LogP contribution in [0.2, 0.25) is 0 Å². The van der Waals surface area contributed by atoms with Gasteiger partial charge >= 0.3 is 11.9 Å². The van der Waals surface area contributed by atoms with Gasteiger partial charge in [-0.1, -0.05) is 36.4 Å². The fourth-order valence-electron chi connectivity index (χ4n) is 6.99. The first-order valence-corrected chi connectivity index (χ1v) is 20.3. The van der Waals surface area contributed by atoms with E-state index in [0.717, 1.165) is 60.1 Å². The molecule has 1 amide bonds. The Morgan fingerprint density at radius 3 is 2.19 bits per heavy atom. The maximum atomic E-state index is 13.9. The van der Waals surface area contributed by atoms with Gasteiger partial charge in [0.15, 0.2) is 5.78 Å². The molecule has 2 heterocycles. The summed E-state index contributed by atoms with van der Waals surface area (Å²) >= 11 is 1.50. The number of carbonyl (C=O) groups is 4. The summed E-state index contributed by atoms with van der Waals surface area (Å²) in [6.45, 7) is 2.42. The summed E-state index contributed by atoms with van der Waals surface area (Å²) in [7, 11) is -2.53. The third kappa shape index (κ3) is 8.94. The first-order valence-electron chi connectivity index (χ1n) is 18.1. The number of rotatable bonds is 13. The summed E-state index contributed by atoms with van der Waals surface area (Å²) in [6.07, 6.45) is 5.93. The number of piperidine rings is 1. The van der Waals surface area contributed by atoms with Crippen molar-refractivity contribution in [3.05, 3.63) is 116 Å². The molecule has 0 saturated carbocycles. The molecule has 278 valence electrons. The summed E-state index contributed by atoms with van der Waals surface area (Å²) in [6, 6.07) is 21.2. The zero-order valence-electron chi connectivity index (χ0n) is 30.0. The van der Waals surface area contributed by atoms with Gasteiger partial charge in [0.05, 0.1) is 35.7 Å². The summed E-state index contributed by atoms with van der Waals surface area (Å²) in [4.78, 5) is 53.3. The van der Waals surface area contributed by atoms with E-state index in [0.29, 0.717) is 34.5 Å². The van der Waals surface area contributed by atoms with Crippen molar-refractivity contribution in [1.82, 2.24) is 4.31 Å². The van der Waals surface area contributed by atoms with Crippen LogP contribution < -0.4 is 5.32 Å². The largest absolute Gasteiger partial charge is 0.466 e. The summed E-state index contributed by atoms with van der Waals surface area (Å²) in [5.41, 5.74) is 5.17. The Hall–Kier alpha value is -4.65. The Labute approximate surface area is 314 Å². The molecule has 1 N–H and O–H groups in total. The predicted molar refractivity (Wildman–Crippen MR) is 203 cm³/mol. The number of sulfonamides is 1. The van der Waals surface area contributed by atoms with E-state index in [1.165, 1.54) is 34.9 Å². The number of ether oxygens (including phenoxy) is 2. The highest BCUT2D eigenvalue weighted by Gasteiger charge is 2.33. The molecule has 1 aromatic heterocycles. The van der Waals surface area contributed by atoms with Gasteiger partial charge in [0, 0.05) is 40.5 Å². The van der Waals surface area contributed by atoms with Crippen LogP contribution in [0.3, 0.4) is 0 Å². The van der Waals surface area contributed by atoms with E-state index in [1.54, 1.807) is 31.2 Å². The minimum atomic E-state index is -3.89. The van der Waals surface area contributed by atoms with Crippen LogP contribution in [0.5, 0.6) is 0 Å². The van der Waals surface area contributed by atoms with Gasteiger partial charge in [-0.3, -0.25) is 14.4 Å². The SMILES string of the molecule is CCOC(=O)C1CCN(S(=O)(=O)c2cccc(C(=O)Cc3sc4c(c3C(=O)Nc3ccc(CCc5ccc(C(=O)OC)cc5)cc3)CCCC4)c2)CC1. The fourth-order valence-corrected chi connectivity index (χ4v) is 9.90. The summed E-state index contributed by atoms with van der Waals surface area (Å²) in [5.74, 6) is -1.51. The van der Waals surface area contributed by atoms with Gasteiger partial charge in [-0.15, -0.1) is 11.3 Å². The van der Waals surface area contributed by atoms with Gasteiger partial charge in [-0.2, -0.15) is 4.31 Å². The number of Topliss-reactive ketones (excluding diaryl/α,β-unsaturated/α-hetero) is 1. The lowest BCUT2D eigenvalue weighted by atomic mass is 9.93. The predicted octanol–water partition coefficient (Wildman–Crippen LogP) is 6.84. The first-order chi connectivity index (χ1) is 25.6. The number of hydrogen-bond acceptors (Lipinski definition) is 9.